The Kier molecular flexibility index (Phi) is 3.94. The molecule has 5 nitrogen and oxygen atoms in total. The van der Waals surface area contributed by atoms with Gasteiger partial charge in [0, 0.05) is 5.92 Å². The number of carboxylic acid groups (broad SMARTS) is 1. The normalized spacial score (nSPS) is 17.7. The van der Waals surface area contributed by atoms with Gasteiger partial charge in [-0.05, 0) is 42.0 Å². The van der Waals surface area contributed by atoms with E-state index in [1.165, 1.54) is 11.1 Å². The van der Waals surface area contributed by atoms with Gasteiger partial charge in [0.15, 0.2) is 0 Å². The predicted octanol–water partition coefficient (Wildman–Crippen LogP) is 3.78. The minimum absolute atomic E-state index is 0.000185. The highest BCUT2D eigenvalue weighted by molar-refractivity contribution is 5.79. The standard InChI is InChI=1S/C21H21NO4/c1-13(19(23)24)21(10-11-21)22-20(25)26-12-18-16-8-4-2-6-14(16)15-7-3-5-9-17(15)18/h2-9,13,18H,10-12H2,1H3,(H,22,25)(H,23,24). The highest BCUT2D eigenvalue weighted by Crippen LogP contribution is 2.45. The second-order valence-corrected chi connectivity index (χ2v) is 7.17. The third-order valence-corrected chi connectivity index (χ3v) is 5.68. The van der Waals surface area contributed by atoms with E-state index in [-0.39, 0.29) is 12.5 Å². The van der Waals surface area contributed by atoms with Crippen molar-refractivity contribution in [2.45, 2.75) is 31.2 Å². The molecular formula is C21H21NO4. The number of rotatable bonds is 5. The number of hydrogen-bond donors (Lipinski definition) is 2. The van der Waals surface area contributed by atoms with Crippen molar-refractivity contribution in [1.29, 1.82) is 0 Å². The Hall–Kier alpha value is -2.82. The quantitative estimate of drug-likeness (QED) is 0.860. The highest BCUT2D eigenvalue weighted by Gasteiger charge is 2.52. The number of alkyl carbamates (subject to hydrolysis) is 1. The number of benzene rings is 2. The summed E-state index contributed by atoms with van der Waals surface area (Å²) in [7, 11) is 0. The first kappa shape index (κ1) is 16.6. The summed E-state index contributed by atoms with van der Waals surface area (Å²) in [6.07, 6.45) is 0.799. The molecule has 0 aliphatic heterocycles. The zero-order valence-corrected chi connectivity index (χ0v) is 14.6. The molecule has 0 spiro atoms. The molecule has 1 fully saturated rings. The zero-order valence-electron chi connectivity index (χ0n) is 14.6. The van der Waals surface area contributed by atoms with Gasteiger partial charge in [-0.25, -0.2) is 4.79 Å². The summed E-state index contributed by atoms with van der Waals surface area (Å²) in [6.45, 7) is 1.86. The third kappa shape index (κ3) is 2.73. The summed E-state index contributed by atoms with van der Waals surface area (Å²) in [6, 6.07) is 16.3. The fourth-order valence-corrected chi connectivity index (χ4v) is 3.88. The maximum atomic E-state index is 12.3. The van der Waals surface area contributed by atoms with Crippen molar-refractivity contribution in [2.24, 2.45) is 5.92 Å². The molecule has 0 heterocycles. The first-order valence-electron chi connectivity index (χ1n) is 8.88. The Morgan fingerprint density at radius 1 is 1.12 bits per heavy atom. The average molecular weight is 351 g/mol. The van der Waals surface area contributed by atoms with Crippen LogP contribution in [-0.2, 0) is 9.53 Å². The number of fused-ring (bicyclic) bond motifs is 3. The van der Waals surface area contributed by atoms with Crippen LogP contribution >= 0.6 is 0 Å². The monoisotopic (exact) mass is 351 g/mol. The van der Waals surface area contributed by atoms with E-state index in [0.29, 0.717) is 12.8 Å². The number of amides is 1. The van der Waals surface area contributed by atoms with Crippen LogP contribution in [0, 0.1) is 5.92 Å². The van der Waals surface area contributed by atoms with E-state index >= 15 is 0 Å². The summed E-state index contributed by atoms with van der Waals surface area (Å²) in [5.41, 5.74) is 4.00. The molecule has 0 bridgehead atoms. The largest absolute Gasteiger partial charge is 0.481 e. The molecule has 5 heteroatoms. The Morgan fingerprint density at radius 3 is 2.15 bits per heavy atom. The van der Waals surface area contributed by atoms with E-state index in [9.17, 15) is 14.7 Å². The number of carboxylic acids is 1. The molecule has 1 saturated carbocycles. The molecule has 2 aliphatic carbocycles. The highest BCUT2D eigenvalue weighted by atomic mass is 16.5. The number of nitrogens with one attached hydrogen (secondary N) is 1. The van der Waals surface area contributed by atoms with Crippen molar-refractivity contribution >= 4 is 12.1 Å². The van der Waals surface area contributed by atoms with Crippen LogP contribution in [0.3, 0.4) is 0 Å². The van der Waals surface area contributed by atoms with Gasteiger partial charge in [-0.2, -0.15) is 0 Å². The molecule has 1 atom stereocenters. The van der Waals surface area contributed by atoms with Gasteiger partial charge in [-0.3, -0.25) is 4.79 Å². The number of aliphatic carboxylic acids is 1. The van der Waals surface area contributed by atoms with Gasteiger partial charge in [0.1, 0.15) is 6.61 Å². The SMILES string of the molecule is CC(C(=O)O)C1(NC(=O)OCC2c3ccccc3-c3ccccc32)CC1. The summed E-state index contributed by atoms with van der Waals surface area (Å²) >= 11 is 0. The molecule has 4 rings (SSSR count). The fraction of sp³-hybridized carbons (Fsp3) is 0.333. The van der Waals surface area contributed by atoms with Crippen molar-refractivity contribution in [1.82, 2.24) is 5.32 Å². The number of hydrogen-bond acceptors (Lipinski definition) is 3. The lowest BCUT2D eigenvalue weighted by Gasteiger charge is -2.22. The van der Waals surface area contributed by atoms with Crippen LogP contribution in [0.4, 0.5) is 4.79 Å². The van der Waals surface area contributed by atoms with E-state index < -0.39 is 23.5 Å². The average Bonchev–Trinajstić information content (AvgIpc) is 3.35. The Bertz CT molecular complexity index is 826. The maximum absolute atomic E-state index is 12.3. The third-order valence-electron chi connectivity index (χ3n) is 5.68. The van der Waals surface area contributed by atoms with E-state index in [0.717, 1.165) is 11.1 Å². The summed E-state index contributed by atoms with van der Waals surface area (Å²) < 4.78 is 5.50. The topological polar surface area (TPSA) is 75.6 Å². The number of carbonyl (C=O) groups is 2. The van der Waals surface area contributed by atoms with Crippen LogP contribution < -0.4 is 5.32 Å². The molecule has 2 N–H and O–H groups in total. The first-order valence-corrected chi connectivity index (χ1v) is 8.88. The zero-order chi connectivity index (χ0) is 18.3. The molecule has 1 unspecified atom stereocenters. The van der Waals surface area contributed by atoms with Crippen LogP contribution in [0.1, 0.15) is 36.8 Å². The van der Waals surface area contributed by atoms with E-state index in [4.69, 9.17) is 4.74 Å². The molecule has 2 aliphatic rings. The molecular weight excluding hydrogens is 330 g/mol. The number of carbonyl (C=O) groups excluding carboxylic acids is 1. The van der Waals surface area contributed by atoms with Crippen molar-refractivity contribution in [3.05, 3.63) is 59.7 Å². The lowest BCUT2D eigenvalue weighted by Crippen LogP contribution is -2.45. The van der Waals surface area contributed by atoms with Crippen LogP contribution in [0.25, 0.3) is 11.1 Å². The molecule has 134 valence electrons. The van der Waals surface area contributed by atoms with Crippen LogP contribution in [0.15, 0.2) is 48.5 Å². The van der Waals surface area contributed by atoms with Crippen molar-refractivity contribution in [2.75, 3.05) is 6.61 Å². The molecule has 26 heavy (non-hydrogen) atoms. The maximum Gasteiger partial charge on any atom is 0.407 e. The lowest BCUT2D eigenvalue weighted by molar-refractivity contribution is -0.142. The smallest absolute Gasteiger partial charge is 0.407 e. The Morgan fingerprint density at radius 2 is 1.65 bits per heavy atom. The second kappa shape index (κ2) is 6.16. The fourth-order valence-electron chi connectivity index (χ4n) is 3.88. The Labute approximate surface area is 152 Å². The van der Waals surface area contributed by atoms with E-state index in [1.807, 2.05) is 24.3 Å². The predicted molar refractivity (Wildman–Crippen MR) is 97.0 cm³/mol. The van der Waals surface area contributed by atoms with Gasteiger partial charge in [-0.15, -0.1) is 0 Å². The lowest BCUT2D eigenvalue weighted by atomic mass is 9.98. The molecule has 0 radical (unpaired) electrons. The molecule has 1 amide bonds. The Balaban J connectivity index is 1.47. The van der Waals surface area contributed by atoms with Gasteiger partial charge < -0.3 is 15.2 Å². The molecule has 0 aromatic heterocycles. The van der Waals surface area contributed by atoms with Crippen molar-refractivity contribution < 1.29 is 19.4 Å². The summed E-state index contributed by atoms with van der Waals surface area (Å²) in [4.78, 5) is 23.5. The summed E-state index contributed by atoms with van der Waals surface area (Å²) in [5, 5.41) is 12.0. The van der Waals surface area contributed by atoms with Crippen LogP contribution in [-0.4, -0.2) is 29.3 Å². The van der Waals surface area contributed by atoms with Crippen molar-refractivity contribution in [3.8, 4) is 11.1 Å². The second-order valence-electron chi connectivity index (χ2n) is 7.17. The minimum atomic E-state index is -0.901. The molecule has 2 aromatic rings. The van der Waals surface area contributed by atoms with Gasteiger partial charge in [-0.1, -0.05) is 48.5 Å². The molecule has 2 aromatic carbocycles. The molecule has 0 saturated heterocycles. The van der Waals surface area contributed by atoms with Crippen molar-refractivity contribution in [3.63, 3.8) is 0 Å². The number of ether oxygens (including phenoxy) is 1. The van der Waals surface area contributed by atoms with E-state index in [2.05, 4.69) is 29.6 Å². The van der Waals surface area contributed by atoms with Crippen LogP contribution in [0.2, 0.25) is 0 Å². The first-order chi connectivity index (χ1) is 12.5. The van der Waals surface area contributed by atoms with Gasteiger partial charge in [0.2, 0.25) is 0 Å². The van der Waals surface area contributed by atoms with E-state index in [1.54, 1.807) is 6.92 Å². The van der Waals surface area contributed by atoms with Gasteiger partial charge in [0.25, 0.3) is 0 Å². The summed E-state index contributed by atoms with van der Waals surface area (Å²) in [5.74, 6) is -1.52. The van der Waals surface area contributed by atoms with Gasteiger partial charge >= 0.3 is 12.1 Å². The minimum Gasteiger partial charge on any atom is -0.481 e. The van der Waals surface area contributed by atoms with Crippen LogP contribution in [0.5, 0.6) is 0 Å². The van der Waals surface area contributed by atoms with Gasteiger partial charge in [0.05, 0.1) is 11.5 Å².